The number of nitrogens with zero attached hydrogens (tertiary/aromatic N) is 4. The van der Waals surface area contributed by atoms with Crippen LogP contribution in [0.5, 0.6) is 0 Å². The number of rotatable bonds is 6. The van der Waals surface area contributed by atoms with Crippen molar-refractivity contribution in [3.05, 3.63) is 64.9 Å². The number of hydrogen-bond donors (Lipinski definition) is 1. The molecule has 1 aromatic carbocycles. The van der Waals surface area contributed by atoms with Gasteiger partial charge in [0.1, 0.15) is 0 Å². The Kier molecular flexibility index (Phi) is 6.71. The summed E-state index contributed by atoms with van der Waals surface area (Å²) in [5, 5.41) is 4.75. The molecule has 0 atom stereocenters. The molecule has 3 rings (SSSR count). The molecule has 1 aromatic heterocycles. The predicted molar refractivity (Wildman–Crippen MR) is 103 cm³/mol. The van der Waals surface area contributed by atoms with Crippen LogP contribution in [0, 0.1) is 0 Å². The predicted octanol–water partition coefficient (Wildman–Crippen LogP) is 2.00. The van der Waals surface area contributed by atoms with Crippen LogP contribution in [0.4, 0.5) is 0 Å². The Balaban J connectivity index is 1.39. The van der Waals surface area contributed by atoms with Gasteiger partial charge in [-0.1, -0.05) is 35.9 Å². The van der Waals surface area contributed by atoms with Gasteiger partial charge >= 0.3 is 0 Å². The zero-order chi connectivity index (χ0) is 18.2. The number of nitrogens with one attached hydrogen (secondary N) is 1. The van der Waals surface area contributed by atoms with Crippen LogP contribution in [0.15, 0.2) is 53.8 Å². The third kappa shape index (κ3) is 5.62. The van der Waals surface area contributed by atoms with Gasteiger partial charge in [0, 0.05) is 43.9 Å². The second-order valence-electron chi connectivity index (χ2n) is 6.19. The molecular formula is C19H22ClN5O. The van der Waals surface area contributed by atoms with Gasteiger partial charge in [-0.3, -0.25) is 19.6 Å². The Morgan fingerprint density at radius 1 is 1.12 bits per heavy atom. The van der Waals surface area contributed by atoms with E-state index in [9.17, 15) is 4.79 Å². The van der Waals surface area contributed by atoms with Crippen molar-refractivity contribution in [1.82, 2.24) is 20.2 Å². The molecule has 2 aromatic rings. The molecule has 0 spiro atoms. The SMILES string of the molecule is O=C(CN1CCN(Cc2ccccc2Cl)CC1)NN=Cc1ccccn1. The second kappa shape index (κ2) is 9.43. The molecule has 0 radical (unpaired) electrons. The maximum absolute atomic E-state index is 12.0. The van der Waals surface area contributed by atoms with E-state index in [1.54, 1.807) is 12.4 Å². The van der Waals surface area contributed by atoms with Gasteiger partial charge in [0.15, 0.2) is 0 Å². The van der Waals surface area contributed by atoms with E-state index in [1.165, 1.54) is 0 Å². The van der Waals surface area contributed by atoms with Gasteiger partial charge in [0.2, 0.25) is 0 Å². The van der Waals surface area contributed by atoms with Crippen LogP contribution < -0.4 is 5.43 Å². The number of halogens is 1. The summed E-state index contributed by atoms with van der Waals surface area (Å²) in [6, 6.07) is 13.5. The average Bonchev–Trinajstić information content (AvgIpc) is 2.66. The number of aromatic nitrogens is 1. The van der Waals surface area contributed by atoms with Gasteiger partial charge in [-0.25, -0.2) is 5.43 Å². The number of carbonyl (C=O) groups excluding carboxylic acids is 1. The fourth-order valence-corrected chi connectivity index (χ4v) is 3.03. The van der Waals surface area contributed by atoms with Crippen LogP contribution in [0.3, 0.4) is 0 Å². The zero-order valence-electron chi connectivity index (χ0n) is 14.5. The maximum Gasteiger partial charge on any atom is 0.254 e. The minimum absolute atomic E-state index is 0.114. The number of hydrazone groups is 1. The number of benzene rings is 1. The molecule has 1 N–H and O–H groups in total. The fourth-order valence-electron chi connectivity index (χ4n) is 2.83. The lowest BCUT2D eigenvalue weighted by Crippen LogP contribution is -2.48. The lowest BCUT2D eigenvalue weighted by atomic mass is 10.2. The maximum atomic E-state index is 12.0. The van der Waals surface area contributed by atoms with Crippen molar-refractivity contribution in [2.45, 2.75) is 6.54 Å². The van der Waals surface area contributed by atoms with Gasteiger partial charge in [-0.2, -0.15) is 5.10 Å². The van der Waals surface area contributed by atoms with Crippen LogP contribution in [0.1, 0.15) is 11.3 Å². The summed E-state index contributed by atoms with van der Waals surface area (Å²) in [6.45, 7) is 4.71. The van der Waals surface area contributed by atoms with Crippen LogP contribution in [-0.4, -0.2) is 59.6 Å². The van der Waals surface area contributed by atoms with E-state index in [1.807, 2.05) is 36.4 Å². The monoisotopic (exact) mass is 371 g/mol. The van der Waals surface area contributed by atoms with Crippen LogP contribution in [-0.2, 0) is 11.3 Å². The molecule has 7 heteroatoms. The number of pyridine rings is 1. The molecule has 0 saturated carbocycles. The largest absolute Gasteiger partial charge is 0.296 e. The first-order chi connectivity index (χ1) is 12.7. The van der Waals surface area contributed by atoms with E-state index in [-0.39, 0.29) is 5.91 Å². The van der Waals surface area contributed by atoms with Crippen molar-refractivity contribution in [1.29, 1.82) is 0 Å². The number of piperazine rings is 1. The highest BCUT2D eigenvalue weighted by Gasteiger charge is 2.19. The number of carbonyl (C=O) groups is 1. The van der Waals surface area contributed by atoms with Crippen LogP contribution in [0.2, 0.25) is 5.02 Å². The second-order valence-corrected chi connectivity index (χ2v) is 6.60. The van der Waals surface area contributed by atoms with E-state index in [0.717, 1.165) is 43.3 Å². The summed E-state index contributed by atoms with van der Waals surface area (Å²) < 4.78 is 0. The Labute approximate surface area is 158 Å². The number of amides is 1. The van der Waals surface area contributed by atoms with Crippen LogP contribution >= 0.6 is 11.6 Å². The first-order valence-corrected chi connectivity index (χ1v) is 8.99. The van der Waals surface area contributed by atoms with Crippen molar-refractivity contribution in [3.63, 3.8) is 0 Å². The number of hydrogen-bond acceptors (Lipinski definition) is 5. The Hall–Kier alpha value is -2.28. The van der Waals surface area contributed by atoms with Gasteiger partial charge in [-0.15, -0.1) is 0 Å². The Morgan fingerprint density at radius 2 is 1.85 bits per heavy atom. The summed E-state index contributed by atoms with van der Waals surface area (Å²) in [4.78, 5) is 20.6. The molecule has 1 saturated heterocycles. The highest BCUT2D eigenvalue weighted by Crippen LogP contribution is 2.17. The molecule has 6 nitrogen and oxygen atoms in total. The standard InChI is InChI=1S/C19H22ClN5O/c20-18-7-2-1-5-16(18)14-24-9-11-25(12-10-24)15-19(26)23-22-13-17-6-3-4-8-21-17/h1-8,13H,9-12,14-15H2,(H,23,26). The highest BCUT2D eigenvalue weighted by molar-refractivity contribution is 6.31. The lowest BCUT2D eigenvalue weighted by Gasteiger charge is -2.34. The average molecular weight is 372 g/mol. The summed E-state index contributed by atoms with van der Waals surface area (Å²) >= 11 is 6.23. The van der Waals surface area contributed by atoms with E-state index in [2.05, 4.69) is 31.4 Å². The van der Waals surface area contributed by atoms with E-state index < -0.39 is 0 Å². The molecule has 1 fully saturated rings. The smallest absolute Gasteiger partial charge is 0.254 e. The third-order valence-electron chi connectivity index (χ3n) is 4.26. The minimum Gasteiger partial charge on any atom is -0.296 e. The van der Waals surface area contributed by atoms with Crippen molar-refractivity contribution < 1.29 is 4.79 Å². The molecule has 1 aliphatic rings. The summed E-state index contributed by atoms with van der Waals surface area (Å²) in [5.74, 6) is -0.114. The summed E-state index contributed by atoms with van der Waals surface area (Å²) in [5.41, 5.74) is 4.41. The molecule has 1 aliphatic heterocycles. The van der Waals surface area contributed by atoms with Crippen LogP contribution in [0.25, 0.3) is 0 Å². The Morgan fingerprint density at radius 3 is 2.58 bits per heavy atom. The van der Waals surface area contributed by atoms with Crippen molar-refractivity contribution in [2.24, 2.45) is 5.10 Å². The molecule has 0 aliphatic carbocycles. The van der Waals surface area contributed by atoms with E-state index >= 15 is 0 Å². The normalized spacial score (nSPS) is 16.0. The molecule has 26 heavy (non-hydrogen) atoms. The van der Waals surface area contributed by atoms with Gasteiger partial charge in [0.05, 0.1) is 18.5 Å². The molecular weight excluding hydrogens is 350 g/mol. The van der Waals surface area contributed by atoms with Crippen molar-refractivity contribution in [3.8, 4) is 0 Å². The topological polar surface area (TPSA) is 60.8 Å². The van der Waals surface area contributed by atoms with Crippen molar-refractivity contribution >= 4 is 23.7 Å². The first kappa shape index (κ1) is 18.5. The Bertz CT molecular complexity index is 745. The quantitative estimate of drug-likeness (QED) is 0.623. The molecule has 2 heterocycles. The third-order valence-corrected chi connectivity index (χ3v) is 4.63. The molecule has 136 valence electrons. The molecule has 0 bridgehead atoms. The minimum atomic E-state index is -0.114. The van der Waals surface area contributed by atoms with E-state index in [4.69, 9.17) is 11.6 Å². The lowest BCUT2D eigenvalue weighted by molar-refractivity contribution is -0.122. The summed E-state index contributed by atoms with van der Waals surface area (Å²) in [7, 11) is 0. The van der Waals surface area contributed by atoms with Gasteiger partial charge < -0.3 is 0 Å². The van der Waals surface area contributed by atoms with Gasteiger partial charge in [0.25, 0.3) is 5.91 Å². The van der Waals surface area contributed by atoms with Gasteiger partial charge in [-0.05, 0) is 23.8 Å². The fraction of sp³-hybridized carbons (Fsp3) is 0.316. The first-order valence-electron chi connectivity index (χ1n) is 8.62. The zero-order valence-corrected chi connectivity index (χ0v) is 15.3. The molecule has 1 amide bonds. The highest BCUT2D eigenvalue weighted by atomic mass is 35.5. The van der Waals surface area contributed by atoms with Crippen molar-refractivity contribution in [2.75, 3.05) is 32.7 Å². The van der Waals surface area contributed by atoms with E-state index in [0.29, 0.717) is 12.2 Å². The molecule has 0 unspecified atom stereocenters. The summed E-state index contributed by atoms with van der Waals surface area (Å²) in [6.07, 6.45) is 3.23.